The lowest BCUT2D eigenvalue weighted by Crippen LogP contribution is -2.57. The molecule has 3 nitrogen and oxygen atoms in total. The van der Waals surface area contributed by atoms with Gasteiger partial charge in [0.25, 0.3) is 0 Å². The predicted octanol–water partition coefficient (Wildman–Crippen LogP) is 2.46. The Kier molecular flexibility index (Phi) is 4.19. The molecule has 2 N–H and O–H groups in total. The van der Waals surface area contributed by atoms with Crippen LogP contribution in [-0.2, 0) is 0 Å². The normalized spacial score (nSPS) is 17.1. The Morgan fingerprint density at radius 3 is 2.44 bits per heavy atom. The molecule has 1 fully saturated rings. The summed E-state index contributed by atoms with van der Waals surface area (Å²) in [5.41, 5.74) is 1.32. The molecule has 0 unspecified atom stereocenters. The van der Waals surface area contributed by atoms with Crippen LogP contribution in [-0.4, -0.2) is 36.2 Å². The number of anilines is 1. The van der Waals surface area contributed by atoms with Gasteiger partial charge in [-0.25, -0.2) is 0 Å². The number of thiocarbonyl (C=S) groups is 1. The molecule has 0 radical (unpaired) electrons. The van der Waals surface area contributed by atoms with Crippen molar-refractivity contribution < 1.29 is 0 Å². The van der Waals surface area contributed by atoms with E-state index in [1.54, 1.807) is 0 Å². The highest BCUT2D eigenvalue weighted by atomic mass is 32.1. The Labute approximate surface area is 115 Å². The number of rotatable bonds is 4. The maximum absolute atomic E-state index is 5.32. The van der Waals surface area contributed by atoms with Gasteiger partial charge in [-0.1, -0.05) is 18.2 Å². The zero-order chi connectivity index (χ0) is 13.0. The summed E-state index contributed by atoms with van der Waals surface area (Å²) >= 11 is 5.32. The topological polar surface area (TPSA) is 27.3 Å². The van der Waals surface area contributed by atoms with Gasteiger partial charge in [0.2, 0.25) is 0 Å². The second-order valence-corrected chi connectivity index (χ2v) is 5.55. The van der Waals surface area contributed by atoms with Crippen molar-refractivity contribution in [1.82, 2.24) is 10.2 Å². The van der Waals surface area contributed by atoms with Crippen LogP contribution in [0.25, 0.3) is 0 Å². The van der Waals surface area contributed by atoms with Crippen molar-refractivity contribution >= 4 is 23.0 Å². The van der Waals surface area contributed by atoms with Crippen LogP contribution in [0.3, 0.4) is 0 Å². The van der Waals surface area contributed by atoms with Crippen molar-refractivity contribution in [3.63, 3.8) is 0 Å². The maximum atomic E-state index is 5.32. The van der Waals surface area contributed by atoms with Gasteiger partial charge < -0.3 is 15.5 Å². The van der Waals surface area contributed by atoms with Crippen molar-refractivity contribution in [2.24, 2.45) is 0 Å². The summed E-state index contributed by atoms with van der Waals surface area (Å²) < 4.78 is 0. The number of hydrogen-bond donors (Lipinski definition) is 2. The van der Waals surface area contributed by atoms with E-state index in [9.17, 15) is 0 Å². The zero-order valence-electron chi connectivity index (χ0n) is 11.1. The molecule has 0 saturated heterocycles. The molecule has 0 aromatic heterocycles. The van der Waals surface area contributed by atoms with E-state index in [4.69, 9.17) is 12.2 Å². The Balaban J connectivity index is 1.82. The van der Waals surface area contributed by atoms with E-state index in [-0.39, 0.29) is 0 Å². The number of likely N-dealkylation sites (N-methyl/N-ethyl adjacent to an activating group) is 1. The molecule has 1 aromatic carbocycles. The van der Waals surface area contributed by atoms with Crippen LogP contribution in [0.2, 0.25) is 0 Å². The lowest BCUT2D eigenvalue weighted by Gasteiger charge is -2.47. The van der Waals surface area contributed by atoms with Crippen molar-refractivity contribution in [3.05, 3.63) is 30.3 Å². The van der Waals surface area contributed by atoms with E-state index < -0.39 is 0 Å². The van der Waals surface area contributed by atoms with Crippen molar-refractivity contribution in [3.8, 4) is 0 Å². The maximum Gasteiger partial charge on any atom is 0.170 e. The first-order chi connectivity index (χ1) is 8.62. The van der Waals surface area contributed by atoms with Gasteiger partial charge in [0.1, 0.15) is 0 Å². The van der Waals surface area contributed by atoms with Gasteiger partial charge in [-0.3, -0.25) is 0 Å². The zero-order valence-corrected chi connectivity index (χ0v) is 11.9. The van der Waals surface area contributed by atoms with Crippen LogP contribution in [0.15, 0.2) is 30.3 Å². The summed E-state index contributed by atoms with van der Waals surface area (Å²) in [5, 5.41) is 7.24. The Morgan fingerprint density at radius 2 is 1.94 bits per heavy atom. The summed E-state index contributed by atoms with van der Waals surface area (Å²) in [6, 6.07) is 10.0. The predicted molar refractivity (Wildman–Crippen MR) is 80.9 cm³/mol. The highest BCUT2D eigenvalue weighted by Gasteiger charge is 2.38. The van der Waals surface area contributed by atoms with Crippen LogP contribution in [0.4, 0.5) is 5.69 Å². The molecule has 1 aromatic rings. The quantitative estimate of drug-likeness (QED) is 0.816. The molecule has 0 spiro atoms. The number of nitrogens with zero attached hydrogens (tertiary/aromatic N) is 1. The van der Waals surface area contributed by atoms with Gasteiger partial charge in [-0.2, -0.15) is 0 Å². The van der Waals surface area contributed by atoms with E-state index in [1.807, 2.05) is 30.3 Å². The van der Waals surface area contributed by atoms with E-state index in [0.29, 0.717) is 10.7 Å². The molecular weight excluding hydrogens is 242 g/mol. The van der Waals surface area contributed by atoms with E-state index in [0.717, 1.165) is 12.2 Å². The first-order valence-corrected chi connectivity index (χ1v) is 6.81. The highest BCUT2D eigenvalue weighted by Crippen LogP contribution is 2.35. The Morgan fingerprint density at radius 1 is 1.28 bits per heavy atom. The third-order valence-corrected chi connectivity index (χ3v) is 4.09. The molecule has 4 heteroatoms. The van der Waals surface area contributed by atoms with E-state index in [2.05, 4.69) is 29.6 Å². The minimum absolute atomic E-state index is 0.294. The van der Waals surface area contributed by atoms with Gasteiger partial charge in [0.15, 0.2) is 5.11 Å². The largest absolute Gasteiger partial charge is 0.361 e. The molecule has 1 saturated carbocycles. The standard InChI is InChI=1S/C14H21N3S/c1-17(2)14(9-6-10-14)11-15-13(18)16-12-7-4-3-5-8-12/h3-5,7-8H,6,9-11H2,1-2H3,(H2,15,16,18). The third kappa shape index (κ3) is 3.00. The first-order valence-electron chi connectivity index (χ1n) is 6.40. The molecule has 1 aliphatic carbocycles. The van der Waals surface area contributed by atoms with E-state index >= 15 is 0 Å². The molecule has 0 bridgehead atoms. The van der Waals surface area contributed by atoms with Gasteiger partial charge in [-0.05, 0) is 57.7 Å². The van der Waals surface area contributed by atoms with Crippen LogP contribution in [0.5, 0.6) is 0 Å². The molecule has 98 valence electrons. The fourth-order valence-corrected chi connectivity index (χ4v) is 2.50. The fourth-order valence-electron chi connectivity index (χ4n) is 2.31. The smallest absolute Gasteiger partial charge is 0.170 e. The summed E-state index contributed by atoms with van der Waals surface area (Å²) in [6.07, 6.45) is 3.82. The summed E-state index contributed by atoms with van der Waals surface area (Å²) in [5.74, 6) is 0. The monoisotopic (exact) mass is 263 g/mol. The van der Waals surface area contributed by atoms with Crippen molar-refractivity contribution in [1.29, 1.82) is 0 Å². The third-order valence-electron chi connectivity index (χ3n) is 3.84. The molecule has 18 heavy (non-hydrogen) atoms. The van der Waals surface area contributed by atoms with Crippen LogP contribution < -0.4 is 10.6 Å². The van der Waals surface area contributed by atoms with Gasteiger partial charge in [-0.15, -0.1) is 0 Å². The molecule has 0 heterocycles. The second kappa shape index (κ2) is 5.67. The van der Waals surface area contributed by atoms with Gasteiger partial charge in [0, 0.05) is 17.8 Å². The number of nitrogens with one attached hydrogen (secondary N) is 2. The average Bonchev–Trinajstić information content (AvgIpc) is 2.28. The van der Waals surface area contributed by atoms with Crippen LogP contribution in [0, 0.1) is 0 Å². The first kappa shape index (κ1) is 13.3. The Bertz CT molecular complexity index is 399. The molecule has 2 rings (SSSR count). The Hall–Kier alpha value is -1.13. The molecule has 0 aliphatic heterocycles. The molecule has 0 atom stereocenters. The fraction of sp³-hybridized carbons (Fsp3) is 0.500. The van der Waals surface area contributed by atoms with Gasteiger partial charge >= 0.3 is 0 Å². The lowest BCUT2D eigenvalue weighted by atomic mass is 9.75. The SMILES string of the molecule is CN(C)C1(CNC(=S)Nc2ccccc2)CCC1. The average molecular weight is 263 g/mol. The van der Waals surface area contributed by atoms with Crippen LogP contribution in [0.1, 0.15) is 19.3 Å². The summed E-state index contributed by atoms with van der Waals surface area (Å²) in [4.78, 5) is 2.31. The highest BCUT2D eigenvalue weighted by molar-refractivity contribution is 7.80. The molecule has 1 aliphatic rings. The van der Waals surface area contributed by atoms with Gasteiger partial charge in [0.05, 0.1) is 0 Å². The second-order valence-electron chi connectivity index (χ2n) is 5.15. The number of hydrogen-bond acceptors (Lipinski definition) is 2. The number of benzene rings is 1. The minimum Gasteiger partial charge on any atom is -0.361 e. The molecular formula is C14H21N3S. The van der Waals surface area contributed by atoms with Crippen molar-refractivity contribution in [2.45, 2.75) is 24.8 Å². The summed E-state index contributed by atoms with van der Waals surface area (Å²) in [7, 11) is 4.29. The lowest BCUT2D eigenvalue weighted by molar-refractivity contribution is 0.0650. The summed E-state index contributed by atoms with van der Waals surface area (Å²) in [6.45, 7) is 0.915. The molecule has 0 amide bonds. The van der Waals surface area contributed by atoms with Crippen molar-refractivity contribution in [2.75, 3.05) is 26.0 Å². The van der Waals surface area contributed by atoms with E-state index in [1.165, 1.54) is 19.3 Å². The van der Waals surface area contributed by atoms with Crippen LogP contribution >= 0.6 is 12.2 Å². The number of para-hydroxylation sites is 1. The minimum atomic E-state index is 0.294.